The molecule has 2 aromatic heterocycles. The third-order valence-corrected chi connectivity index (χ3v) is 2.48. The van der Waals surface area contributed by atoms with Crippen LogP contribution in [0, 0.1) is 0 Å². The molecule has 0 unspecified atom stereocenters. The number of carbonyl (C=O) groups is 1. The van der Waals surface area contributed by atoms with Gasteiger partial charge in [-0.1, -0.05) is 11.4 Å². The molecule has 15 heavy (non-hydrogen) atoms. The fraction of sp³-hybridized carbons (Fsp3) is 0.333. The first-order valence-corrected chi connectivity index (χ1v) is 5.49. The van der Waals surface area contributed by atoms with E-state index < -0.39 is 0 Å². The fourth-order valence-electron chi connectivity index (χ4n) is 1.32. The first-order valence-electron chi connectivity index (χ1n) is 4.65. The highest BCUT2D eigenvalue weighted by molar-refractivity contribution is 7.03. The highest BCUT2D eigenvalue weighted by Gasteiger charge is 2.16. The molecule has 2 rings (SSSR count). The average Bonchev–Trinajstić information content (AvgIpc) is 2.87. The number of imidazole rings is 1. The molecule has 78 valence electrons. The van der Waals surface area contributed by atoms with Crippen molar-refractivity contribution < 1.29 is 4.79 Å². The van der Waals surface area contributed by atoms with E-state index in [1.165, 1.54) is 11.5 Å². The van der Waals surface area contributed by atoms with E-state index in [0.717, 1.165) is 13.0 Å². The van der Waals surface area contributed by atoms with Gasteiger partial charge in [0.05, 0.1) is 0 Å². The SMILES string of the molecule is CCCn1ccnc1C(=O)c1csnn1. The van der Waals surface area contributed by atoms with Gasteiger partial charge >= 0.3 is 0 Å². The van der Waals surface area contributed by atoms with E-state index in [9.17, 15) is 4.79 Å². The van der Waals surface area contributed by atoms with Gasteiger partial charge in [0.25, 0.3) is 0 Å². The molecule has 2 heterocycles. The molecule has 0 atom stereocenters. The molecule has 0 saturated heterocycles. The Morgan fingerprint density at radius 1 is 1.60 bits per heavy atom. The summed E-state index contributed by atoms with van der Waals surface area (Å²) in [7, 11) is 0. The molecule has 0 amide bonds. The van der Waals surface area contributed by atoms with E-state index in [2.05, 4.69) is 21.5 Å². The molecule has 0 aliphatic rings. The Balaban J connectivity index is 2.29. The number of hydrogen-bond acceptors (Lipinski definition) is 5. The lowest BCUT2D eigenvalue weighted by molar-refractivity contribution is 0.102. The second-order valence-corrected chi connectivity index (χ2v) is 3.67. The van der Waals surface area contributed by atoms with Gasteiger partial charge in [-0.3, -0.25) is 4.79 Å². The maximum Gasteiger partial charge on any atom is 0.249 e. The van der Waals surface area contributed by atoms with Crippen molar-refractivity contribution in [1.29, 1.82) is 0 Å². The second-order valence-electron chi connectivity index (χ2n) is 3.06. The van der Waals surface area contributed by atoms with Crippen LogP contribution in [-0.4, -0.2) is 24.9 Å². The fourth-order valence-corrected chi connectivity index (χ4v) is 1.75. The standard InChI is InChI=1S/C9H10N4OS/c1-2-4-13-5-3-10-9(13)8(14)7-6-15-12-11-7/h3,5-6H,2,4H2,1H3. The molecule has 0 radical (unpaired) electrons. The molecule has 0 spiro atoms. The molecule has 0 bridgehead atoms. The van der Waals surface area contributed by atoms with E-state index in [1.54, 1.807) is 17.8 Å². The van der Waals surface area contributed by atoms with Gasteiger partial charge in [0.1, 0.15) is 5.69 Å². The Morgan fingerprint density at radius 3 is 3.13 bits per heavy atom. The van der Waals surface area contributed by atoms with E-state index >= 15 is 0 Å². The van der Waals surface area contributed by atoms with E-state index in [-0.39, 0.29) is 5.78 Å². The monoisotopic (exact) mass is 222 g/mol. The molecule has 2 aromatic rings. The molecule has 0 saturated carbocycles. The molecule has 5 nitrogen and oxygen atoms in total. The molecule has 6 heteroatoms. The summed E-state index contributed by atoms with van der Waals surface area (Å²) in [5.74, 6) is 0.270. The first-order chi connectivity index (χ1) is 7.33. The van der Waals surface area contributed by atoms with Gasteiger partial charge in [-0.2, -0.15) is 0 Å². The summed E-state index contributed by atoms with van der Waals surface area (Å²) in [4.78, 5) is 15.9. The predicted octanol–water partition coefficient (Wildman–Crippen LogP) is 1.38. The van der Waals surface area contributed by atoms with Crippen LogP contribution in [0.3, 0.4) is 0 Å². The van der Waals surface area contributed by atoms with Crippen LogP contribution >= 0.6 is 11.5 Å². The maximum absolute atomic E-state index is 11.9. The van der Waals surface area contributed by atoms with Gasteiger partial charge < -0.3 is 4.57 Å². The second kappa shape index (κ2) is 4.31. The Hall–Kier alpha value is -1.56. The number of rotatable bonds is 4. The third kappa shape index (κ3) is 1.94. The lowest BCUT2D eigenvalue weighted by Gasteiger charge is -2.02. The van der Waals surface area contributed by atoms with E-state index in [0.29, 0.717) is 11.5 Å². The number of hydrogen-bond donors (Lipinski definition) is 0. The number of nitrogens with zero attached hydrogens (tertiary/aromatic N) is 4. The first kappa shape index (κ1) is 9.97. The van der Waals surface area contributed by atoms with Crippen molar-refractivity contribution in [2.75, 3.05) is 0 Å². The highest BCUT2D eigenvalue weighted by Crippen LogP contribution is 2.07. The zero-order chi connectivity index (χ0) is 10.7. The number of aryl methyl sites for hydroxylation is 1. The zero-order valence-electron chi connectivity index (χ0n) is 8.25. The van der Waals surface area contributed by atoms with Crippen LogP contribution in [-0.2, 0) is 6.54 Å². The van der Waals surface area contributed by atoms with Gasteiger partial charge in [0, 0.05) is 24.3 Å². The van der Waals surface area contributed by atoms with Crippen molar-refractivity contribution in [2.24, 2.45) is 0 Å². The Morgan fingerprint density at radius 2 is 2.47 bits per heavy atom. The van der Waals surface area contributed by atoms with Crippen LogP contribution < -0.4 is 0 Å². The molecular formula is C9H10N4OS. The molecule has 0 aliphatic carbocycles. The minimum Gasteiger partial charge on any atom is -0.328 e. The van der Waals surface area contributed by atoms with Crippen LogP contribution in [0.4, 0.5) is 0 Å². The minimum absolute atomic E-state index is 0.165. The third-order valence-electron chi connectivity index (χ3n) is 1.98. The maximum atomic E-state index is 11.9. The minimum atomic E-state index is -0.165. The Labute approximate surface area is 90.9 Å². The van der Waals surface area contributed by atoms with Crippen LogP contribution in [0.15, 0.2) is 17.8 Å². The summed E-state index contributed by atoms with van der Waals surface area (Å²) < 4.78 is 5.50. The summed E-state index contributed by atoms with van der Waals surface area (Å²) in [6.45, 7) is 2.84. The number of aromatic nitrogens is 4. The van der Waals surface area contributed by atoms with Crippen molar-refractivity contribution in [3.8, 4) is 0 Å². The van der Waals surface area contributed by atoms with Crippen molar-refractivity contribution >= 4 is 17.3 Å². The highest BCUT2D eigenvalue weighted by atomic mass is 32.1. The summed E-state index contributed by atoms with van der Waals surface area (Å²) in [5.41, 5.74) is 0.364. The summed E-state index contributed by atoms with van der Waals surface area (Å²) in [6.07, 6.45) is 4.39. The van der Waals surface area contributed by atoms with Crippen LogP contribution in [0.1, 0.15) is 29.7 Å². The van der Waals surface area contributed by atoms with Crippen LogP contribution in [0.25, 0.3) is 0 Å². The molecule has 0 aliphatic heterocycles. The molecule has 0 fully saturated rings. The lowest BCUT2D eigenvalue weighted by Crippen LogP contribution is -2.11. The average molecular weight is 222 g/mol. The lowest BCUT2D eigenvalue weighted by atomic mass is 10.3. The largest absolute Gasteiger partial charge is 0.328 e. The smallest absolute Gasteiger partial charge is 0.249 e. The van der Waals surface area contributed by atoms with E-state index in [4.69, 9.17) is 0 Å². The van der Waals surface area contributed by atoms with Crippen molar-refractivity contribution in [3.63, 3.8) is 0 Å². The van der Waals surface area contributed by atoms with Crippen LogP contribution in [0.5, 0.6) is 0 Å². The predicted molar refractivity (Wildman–Crippen MR) is 55.9 cm³/mol. The zero-order valence-corrected chi connectivity index (χ0v) is 9.07. The quantitative estimate of drug-likeness (QED) is 0.733. The van der Waals surface area contributed by atoms with E-state index in [1.807, 2.05) is 4.57 Å². The normalized spacial score (nSPS) is 10.5. The van der Waals surface area contributed by atoms with Crippen LogP contribution in [0.2, 0.25) is 0 Å². The van der Waals surface area contributed by atoms with Crippen molar-refractivity contribution in [3.05, 3.63) is 29.3 Å². The van der Waals surface area contributed by atoms with Gasteiger partial charge in [-0.15, -0.1) is 5.10 Å². The molecule has 0 N–H and O–H groups in total. The van der Waals surface area contributed by atoms with Gasteiger partial charge in [0.15, 0.2) is 5.82 Å². The van der Waals surface area contributed by atoms with Gasteiger partial charge in [-0.25, -0.2) is 4.98 Å². The topological polar surface area (TPSA) is 60.7 Å². The summed E-state index contributed by atoms with van der Waals surface area (Å²) in [6, 6.07) is 0. The number of ketones is 1. The number of carbonyl (C=O) groups excluding carboxylic acids is 1. The summed E-state index contributed by atoms with van der Waals surface area (Å²) >= 11 is 1.17. The Bertz CT molecular complexity index is 448. The van der Waals surface area contributed by atoms with Crippen molar-refractivity contribution in [1.82, 2.24) is 19.1 Å². The Kier molecular flexibility index (Phi) is 2.86. The van der Waals surface area contributed by atoms with Gasteiger partial charge in [-0.05, 0) is 18.0 Å². The molecular weight excluding hydrogens is 212 g/mol. The summed E-state index contributed by atoms with van der Waals surface area (Å²) in [5, 5.41) is 5.37. The molecule has 0 aromatic carbocycles. The van der Waals surface area contributed by atoms with Crippen molar-refractivity contribution in [2.45, 2.75) is 19.9 Å². The van der Waals surface area contributed by atoms with Gasteiger partial charge in [0.2, 0.25) is 5.78 Å².